The summed E-state index contributed by atoms with van der Waals surface area (Å²) in [5.41, 5.74) is 4.21. The maximum Gasteiger partial charge on any atom is 0.0612 e. The van der Waals surface area contributed by atoms with Crippen LogP contribution in [0.15, 0.2) is 54.9 Å². The van der Waals surface area contributed by atoms with Crippen molar-refractivity contribution in [2.24, 2.45) is 0 Å². The fourth-order valence-electron chi connectivity index (χ4n) is 3.48. The molecule has 0 spiro atoms. The third-order valence-electron chi connectivity index (χ3n) is 4.76. The second-order valence-corrected chi connectivity index (χ2v) is 6.73. The van der Waals surface area contributed by atoms with Crippen LogP contribution in [0.5, 0.6) is 0 Å². The first-order chi connectivity index (χ1) is 12.3. The molecule has 0 radical (unpaired) electrons. The van der Waals surface area contributed by atoms with Gasteiger partial charge in [-0.05, 0) is 37.0 Å². The van der Waals surface area contributed by atoms with Gasteiger partial charge in [-0.15, -0.1) is 0 Å². The molecule has 3 rings (SSSR count). The van der Waals surface area contributed by atoms with Gasteiger partial charge in [0.05, 0.1) is 5.49 Å². The number of aromatic nitrogens is 1. The zero-order valence-electron chi connectivity index (χ0n) is 15.2. The first-order valence-corrected chi connectivity index (χ1v) is 9.55. The van der Waals surface area contributed by atoms with Gasteiger partial charge in [0.25, 0.3) is 0 Å². The quantitative estimate of drug-likeness (QED) is 0.767. The van der Waals surface area contributed by atoms with Gasteiger partial charge in [0.15, 0.2) is 0 Å². The Labute approximate surface area is 157 Å². The second kappa shape index (κ2) is 11.0. The molecule has 1 aliphatic carbocycles. The minimum absolute atomic E-state index is 0.397. The van der Waals surface area contributed by atoms with Crippen molar-refractivity contribution in [1.29, 1.82) is 0 Å². The highest BCUT2D eigenvalue weighted by Crippen LogP contribution is 2.34. The van der Waals surface area contributed by atoms with E-state index in [-0.39, 0.29) is 0 Å². The van der Waals surface area contributed by atoms with E-state index in [1.807, 2.05) is 12.4 Å². The van der Waals surface area contributed by atoms with Gasteiger partial charge in [-0.3, -0.25) is 4.98 Å². The first kappa shape index (κ1) is 19.5. The third kappa shape index (κ3) is 6.22. The van der Waals surface area contributed by atoms with Crippen molar-refractivity contribution in [1.82, 2.24) is 15.6 Å². The summed E-state index contributed by atoms with van der Waals surface area (Å²) in [7, 11) is 1.77. The van der Waals surface area contributed by atoms with Crippen LogP contribution in [0.3, 0.4) is 0 Å². The molecule has 0 amide bonds. The van der Waals surface area contributed by atoms with E-state index in [4.69, 9.17) is 0 Å². The number of hydrogen-bond acceptors (Lipinski definition) is 3. The van der Waals surface area contributed by atoms with Crippen molar-refractivity contribution in [3.05, 3.63) is 66.0 Å². The molecule has 1 heterocycles. The van der Waals surface area contributed by atoms with E-state index in [1.165, 1.54) is 42.3 Å². The molecule has 3 nitrogen and oxygen atoms in total. The maximum atomic E-state index is 4.32. The summed E-state index contributed by atoms with van der Waals surface area (Å²) in [5, 5.41) is 6.48. The van der Waals surface area contributed by atoms with E-state index in [0.29, 0.717) is 18.0 Å². The summed E-state index contributed by atoms with van der Waals surface area (Å²) in [4.78, 5) is 4.30. The van der Waals surface area contributed by atoms with Crippen LogP contribution in [0.2, 0.25) is 0 Å². The predicted octanol–water partition coefficient (Wildman–Crippen LogP) is 4.62. The number of hydrogen-bond donors (Lipinski definition) is 2. The Morgan fingerprint density at radius 3 is 2.48 bits per heavy atom. The fraction of sp³-hybridized carbons (Fsp3) is 0.429. The molecule has 0 bridgehead atoms. The van der Waals surface area contributed by atoms with Crippen molar-refractivity contribution < 1.29 is 0 Å². The van der Waals surface area contributed by atoms with Crippen molar-refractivity contribution in [3.63, 3.8) is 0 Å². The van der Waals surface area contributed by atoms with Crippen molar-refractivity contribution >= 4 is 17.7 Å². The monoisotopic (exact) mass is 355 g/mol. The van der Waals surface area contributed by atoms with E-state index in [1.54, 1.807) is 7.05 Å². The molecular weight excluding hydrogens is 326 g/mol. The largest absolute Gasteiger partial charge is 0.385 e. The molecule has 0 aliphatic heterocycles. The zero-order chi connectivity index (χ0) is 17.9. The van der Waals surface area contributed by atoms with Gasteiger partial charge < -0.3 is 10.6 Å². The first-order valence-electron chi connectivity index (χ1n) is 9.08. The highest BCUT2D eigenvalue weighted by Gasteiger charge is 2.27. The summed E-state index contributed by atoms with van der Waals surface area (Å²) in [6, 6.07) is 16.0. The van der Waals surface area contributed by atoms with Gasteiger partial charge in [0, 0.05) is 37.4 Å². The summed E-state index contributed by atoms with van der Waals surface area (Å²) < 4.78 is 0. The minimum atomic E-state index is 0.397. The van der Waals surface area contributed by atoms with Crippen LogP contribution < -0.4 is 10.6 Å². The van der Waals surface area contributed by atoms with Crippen molar-refractivity contribution in [2.45, 2.75) is 50.6 Å². The number of nitrogens with one attached hydrogen (secondary N) is 2. The van der Waals surface area contributed by atoms with Gasteiger partial charge in [-0.25, -0.2) is 0 Å². The SMILES string of the molecule is CNC=S.C[C@@H](N[C@@H]1CCCC[C@H]1c1cccnc1)c1ccccc1. The molecule has 0 saturated heterocycles. The lowest BCUT2D eigenvalue weighted by molar-refractivity contribution is 0.305. The van der Waals surface area contributed by atoms with E-state index in [2.05, 4.69) is 77.2 Å². The molecule has 2 aromatic rings. The standard InChI is InChI=1S/C19H24N2.C2H5NS/c1-15(16-8-3-2-4-9-16)21-19-12-6-5-11-18(19)17-10-7-13-20-14-17;1-3-2-4/h2-4,7-10,13-15,18-19,21H,5-6,11-12H2,1H3;2H,1H3,(H,3,4)/t15-,18+,19-;/m1./s1. The van der Waals surface area contributed by atoms with Gasteiger partial charge in [-0.1, -0.05) is 61.5 Å². The molecule has 1 aromatic heterocycles. The summed E-state index contributed by atoms with van der Waals surface area (Å²) >= 11 is 4.32. The molecule has 1 aromatic carbocycles. The Balaban J connectivity index is 0.000000511. The molecule has 4 heteroatoms. The van der Waals surface area contributed by atoms with E-state index >= 15 is 0 Å². The highest BCUT2D eigenvalue weighted by molar-refractivity contribution is 7.78. The Hall–Kier alpha value is -1.78. The molecule has 2 N–H and O–H groups in total. The lowest BCUT2D eigenvalue weighted by Crippen LogP contribution is -2.38. The van der Waals surface area contributed by atoms with Crippen LogP contribution in [0, 0.1) is 0 Å². The van der Waals surface area contributed by atoms with Gasteiger partial charge in [0.1, 0.15) is 0 Å². The van der Waals surface area contributed by atoms with Crippen LogP contribution in [-0.2, 0) is 0 Å². The number of benzene rings is 1. The van der Waals surface area contributed by atoms with Gasteiger partial charge in [-0.2, -0.15) is 0 Å². The Morgan fingerprint density at radius 1 is 1.12 bits per heavy atom. The Kier molecular flexibility index (Phi) is 8.56. The van der Waals surface area contributed by atoms with Crippen LogP contribution in [0.1, 0.15) is 55.7 Å². The van der Waals surface area contributed by atoms with E-state index in [0.717, 1.165) is 0 Å². The van der Waals surface area contributed by atoms with Crippen LogP contribution in [0.25, 0.3) is 0 Å². The smallest absolute Gasteiger partial charge is 0.0612 e. The lowest BCUT2D eigenvalue weighted by atomic mass is 9.80. The molecule has 25 heavy (non-hydrogen) atoms. The second-order valence-electron chi connectivity index (χ2n) is 6.49. The van der Waals surface area contributed by atoms with Crippen molar-refractivity contribution in [3.8, 4) is 0 Å². The van der Waals surface area contributed by atoms with Crippen LogP contribution >= 0.6 is 12.2 Å². The maximum absolute atomic E-state index is 4.32. The lowest BCUT2D eigenvalue weighted by Gasteiger charge is -2.34. The molecule has 1 aliphatic rings. The predicted molar refractivity (Wildman–Crippen MR) is 110 cm³/mol. The van der Waals surface area contributed by atoms with Crippen molar-refractivity contribution in [2.75, 3.05) is 7.05 Å². The summed E-state index contributed by atoms with van der Waals surface area (Å²) in [5.74, 6) is 0.596. The molecule has 134 valence electrons. The zero-order valence-corrected chi connectivity index (χ0v) is 16.0. The average Bonchev–Trinajstić information content (AvgIpc) is 2.70. The number of thiocarbonyl (C=S) groups is 1. The summed E-state index contributed by atoms with van der Waals surface area (Å²) in [6.07, 6.45) is 9.09. The fourth-order valence-corrected chi connectivity index (χ4v) is 3.48. The van der Waals surface area contributed by atoms with Crippen LogP contribution in [0.4, 0.5) is 0 Å². The Morgan fingerprint density at radius 2 is 1.84 bits per heavy atom. The third-order valence-corrected chi connectivity index (χ3v) is 5.00. The molecule has 0 unspecified atom stereocenters. The van der Waals surface area contributed by atoms with Gasteiger partial charge >= 0.3 is 0 Å². The molecule has 1 fully saturated rings. The van der Waals surface area contributed by atoms with E-state index in [9.17, 15) is 0 Å². The minimum Gasteiger partial charge on any atom is -0.385 e. The average molecular weight is 356 g/mol. The number of nitrogens with zero attached hydrogens (tertiary/aromatic N) is 1. The summed E-state index contributed by atoms with van der Waals surface area (Å²) in [6.45, 7) is 2.27. The van der Waals surface area contributed by atoms with E-state index < -0.39 is 0 Å². The molecule has 1 saturated carbocycles. The Bertz CT molecular complexity index is 603. The normalized spacial score (nSPS) is 20.7. The van der Waals surface area contributed by atoms with Gasteiger partial charge in [0.2, 0.25) is 0 Å². The molecule has 3 atom stereocenters. The topological polar surface area (TPSA) is 37.0 Å². The number of rotatable bonds is 5. The molecular formula is C21H29N3S. The number of pyridine rings is 1. The highest BCUT2D eigenvalue weighted by atomic mass is 32.1. The van der Waals surface area contributed by atoms with Crippen LogP contribution in [-0.4, -0.2) is 23.6 Å².